The highest BCUT2D eigenvalue weighted by molar-refractivity contribution is 7.99. The average Bonchev–Trinajstić information content (AvgIpc) is 2.66. The Balaban J connectivity index is 2.31. The van der Waals surface area contributed by atoms with Gasteiger partial charge in [0.1, 0.15) is 10.6 Å². The van der Waals surface area contributed by atoms with Gasteiger partial charge in [0.15, 0.2) is 0 Å². The van der Waals surface area contributed by atoms with E-state index in [2.05, 4.69) is 9.71 Å². The summed E-state index contributed by atoms with van der Waals surface area (Å²) >= 11 is 1.82. The molecule has 0 aromatic carbocycles. The number of carbonyl (C=O) groups is 1. The normalized spacial score (nSPS) is 17.3. The first-order valence-corrected chi connectivity index (χ1v) is 8.99. The Morgan fingerprint density at radius 2 is 1.95 bits per heavy atom. The molecule has 112 valence electrons. The van der Waals surface area contributed by atoms with Gasteiger partial charge >= 0.3 is 5.97 Å². The zero-order chi connectivity index (χ0) is 14.9. The summed E-state index contributed by atoms with van der Waals surface area (Å²) in [6.07, 6.45) is 1.61. The summed E-state index contributed by atoms with van der Waals surface area (Å²) in [5, 5.41) is 9.04. The lowest BCUT2D eigenvalue weighted by molar-refractivity contribution is 0.0690. The molecule has 0 radical (unpaired) electrons. The zero-order valence-electron chi connectivity index (χ0n) is 11.4. The highest BCUT2D eigenvalue weighted by Gasteiger charge is 2.29. The van der Waals surface area contributed by atoms with E-state index in [0.717, 1.165) is 24.3 Å². The molecular formula is C12H18N2O4S2. The van der Waals surface area contributed by atoms with Crippen molar-refractivity contribution in [3.63, 3.8) is 0 Å². The highest BCUT2D eigenvalue weighted by Crippen LogP contribution is 2.25. The molecule has 1 saturated heterocycles. The van der Waals surface area contributed by atoms with Crippen molar-refractivity contribution < 1.29 is 18.3 Å². The summed E-state index contributed by atoms with van der Waals surface area (Å²) in [7, 11) is -3.69. The number of aromatic amines is 1. The van der Waals surface area contributed by atoms with Gasteiger partial charge in [0, 0.05) is 17.3 Å². The summed E-state index contributed by atoms with van der Waals surface area (Å²) in [5.74, 6) is 0.734. The van der Waals surface area contributed by atoms with Gasteiger partial charge in [-0.15, -0.1) is 0 Å². The minimum atomic E-state index is -3.69. The molecule has 0 amide bonds. The van der Waals surface area contributed by atoms with Crippen molar-refractivity contribution in [2.75, 3.05) is 11.5 Å². The van der Waals surface area contributed by atoms with Crippen LogP contribution in [0.2, 0.25) is 0 Å². The topological polar surface area (TPSA) is 99.3 Å². The summed E-state index contributed by atoms with van der Waals surface area (Å²) in [6.45, 7) is 3.09. The molecule has 20 heavy (non-hydrogen) atoms. The molecule has 1 aromatic heterocycles. The van der Waals surface area contributed by atoms with E-state index in [0.29, 0.717) is 5.69 Å². The van der Waals surface area contributed by atoms with Crippen molar-refractivity contribution in [2.24, 2.45) is 0 Å². The second-order valence-electron chi connectivity index (χ2n) is 4.89. The monoisotopic (exact) mass is 318 g/mol. The number of nitrogens with one attached hydrogen (secondary N) is 2. The van der Waals surface area contributed by atoms with Crippen molar-refractivity contribution in [2.45, 2.75) is 37.6 Å². The fourth-order valence-corrected chi connectivity index (χ4v) is 5.30. The number of aromatic nitrogens is 1. The van der Waals surface area contributed by atoms with E-state index in [1.165, 1.54) is 6.92 Å². The fourth-order valence-electron chi connectivity index (χ4n) is 2.44. The van der Waals surface area contributed by atoms with E-state index in [9.17, 15) is 13.2 Å². The van der Waals surface area contributed by atoms with Gasteiger partial charge < -0.3 is 10.1 Å². The maximum atomic E-state index is 12.4. The standard InChI is InChI=1S/C12H18N2O4S2/c1-7-10(12(15)16)13-8(2)11(7)20(17,18)14-9-3-5-19-6-4-9/h9,13-14H,3-6H2,1-2H3,(H,15,16). The Bertz CT molecular complexity index is 616. The van der Waals surface area contributed by atoms with Crippen LogP contribution in [0.5, 0.6) is 0 Å². The molecule has 0 bridgehead atoms. The minimum absolute atomic E-state index is 0.0631. The number of hydrogen-bond acceptors (Lipinski definition) is 4. The molecule has 2 rings (SSSR count). The molecule has 8 heteroatoms. The van der Waals surface area contributed by atoms with Crippen molar-refractivity contribution in [3.8, 4) is 0 Å². The van der Waals surface area contributed by atoms with E-state index in [1.807, 2.05) is 11.8 Å². The molecule has 0 saturated carbocycles. The van der Waals surface area contributed by atoms with Crippen LogP contribution in [0.4, 0.5) is 0 Å². The van der Waals surface area contributed by atoms with Gasteiger partial charge in [-0.05, 0) is 38.2 Å². The van der Waals surface area contributed by atoms with Gasteiger partial charge in [-0.25, -0.2) is 17.9 Å². The van der Waals surface area contributed by atoms with E-state index in [4.69, 9.17) is 5.11 Å². The number of carboxylic acids is 1. The van der Waals surface area contributed by atoms with Gasteiger partial charge in [0.2, 0.25) is 10.0 Å². The lowest BCUT2D eigenvalue weighted by Crippen LogP contribution is -2.37. The molecule has 1 aromatic rings. The first-order chi connectivity index (χ1) is 9.33. The van der Waals surface area contributed by atoms with Gasteiger partial charge in [0.25, 0.3) is 0 Å². The smallest absolute Gasteiger partial charge is 0.352 e. The van der Waals surface area contributed by atoms with Crippen molar-refractivity contribution in [1.29, 1.82) is 0 Å². The lowest BCUT2D eigenvalue weighted by atomic mass is 10.2. The van der Waals surface area contributed by atoms with Gasteiger partial charge in [0.05, 0.1) is 0 Å². The van der Waals surface area contributed by atoms with Gasteiger partial charge in [-0.3, -0.25) is 0 Å². The van der Waals surface area contributed by atoms with Crippen LogP contribution in [0.3, 0.4) is 0 Å². The number of aromatic carboxylic acids is 1. The summed E-state index contributed by atoms with van der Waals surface area (Å²) in [6, 6.07) is -0.0665. The van der Waals surface area contributed by atoms with E-state index >= 15 is 0 Å². The van der Waals surface area contributed by atoms with E-state index in [1.54, 1.807) is 6.92 Å². The van der Waals surface area contributed by atoms with Crippen LogP contribution >= 0.6 is 11.8 Å². The number of carboxylic acid groups (broad SMARTS) is 1. The molecule has 0 spiro atoms. The van der Waals surface area contributed by atoms with Crippen LogP contribution in [0.25, 0.3) is 0 Å². The average molecular weight is 318 g/mol. The number of hydrogen-bond donors (Lipinski definition) is 3. The predicted molar refractivity (Wildman–Crippen MR) is 77.9 cm³/mol. The first kappa shape index (κ1) is 15.4. The Morgan fingerprint density at radius 3 is 2.45 bits per heavy atom. The Morgan fingerprint density at radius 1 is 1.35 bits per heavy atom. The van der Waals surface area contributed by atoms with Crippen molar-refractivity contribution in [1.82, 2.24) is 9.71 Å². The SMILES string of the molecule is Cc1[nH]c(C(=O)O)c(C)c1S(=O)(=O)NC1CCSCC1. The Kier molecular flexibility index (Phi) is 4.46. The minimum Gasteiger partial charge on any atom is -0.477 e. The maximum absolute atomic E-state index is 12.4. The third-order valence-electron chi connectivity index (χ3n) is 3.39. The second-order valence-corrected chi connectivity index (χ2v) is 7.77. The summed E-state index contributed by atoms with van der Waals surface area (Å²) in [5.41, 5.74) is 0.548. The molecule has 6 nitrogen and oxygen atoms in total. The van der Waals surface area contributed by atoms with Crippen LogP contribution in [0.15, 0.2) is 4.90 Å². The second kappa shape index (κ2) is 5.79. The lowest BCUT2D eigenvalue weighted by Gasteiger charge is -2.22. The molecule has 1 aliphatic heterocycles. The van der Waals surface area contributed by atoms with E-state index in [-0.39, 0.29) is 22.2 Å². The number of aryl methyl sites for hydroxylation is 1. The number of thioether (sulfide) groups is 1. The highest BCUT2D eigenvalue weighted by atomic mass is 32.2. The number of rotatable bonds is 4. The van der Waals surface area contributed by atoms with Crippen LogP contribution < -0.4 is 4.72 Å². The number of sulfonamides is 1. The van der Waals surface area contributed by atoms with Crippen molar-refractivity contribution >= 4 is 27.8 Å². The summed E-state index contributed by atoms with van der Waals surface area (Å²) < 4.78 is 27.6. The van der Waals surface area contributed by atoms with E-state index < -0.39 is 16.0 Å². The molecule has 1 aliphatic rings. The molecule has 0 aliphatic carbocycles. The molecule has 1 fully saturated rings. The predicted octanol–water partition coefficient (Wildman–Crippen LogP) is 1.50. The maximum Gasteiger partial charge on any atom is 0.352 e. The molecule has 0 unspecified atom stereocenters. The molecule has 0 atom stereocenters. The third kappa shape index (κ3) is 3.02. The zero-order valence-corrected chi connectivity index (χ0v) is 13.0. The quantitative estimate of drug-likeness (QED) is 0.781. The van der Waals surface area contributed by atoms with Crippen LogP contribution in [0, 0.1) is 13.8 Å². The molecule has 3 N–H and O–H groups in total. The van der Waals surface area contributed by atoms with Crippen molar-refractivity contribution in [3.05, 3.63) is 17.0 Å². The number of H-pyrrole nitrogens is 1. The Labute approximate surface area is 122 Å². The largest absolute Gasteiger partial charge is 0.477 e. The molecular weight excluding hydrogens is 300 g/mol. The van der Waals surface area contributed by atoms with Crippen LogP contribution in [0.1, 0.15) is 34.6 Å². The first-order valence-electron chi connectivity index (χ1n) is 6.35. The fraction of sp³-hybridized carbons (Fsp3) is 0.583. The van der Waals surface area contributed by atoms with Crippen LogP contribution in [-0.2, 0) is 10.0 Å². The van der Waals surface area contributed by atoms with Gasteiger partial charge in [-0.2, -0.15) is 11.8 Å². The summed E-state index contributed by atoms with van der Waals surface area (Å²) in [4.78, 5) is 13.8. The third-order valence-corrected chi connectivity index (χ3v) is 6.24. The van der Waals surface area contributed by atoms with Crippen LogP contribution in [-0.4, -0.2) is 42.0 Å². The Hall–Kier alpha value is -0.990. The molecule has 2 heterocycles. The van der Waals surface area contributed by atoms with Gasteiger partial charge in [-0.1, -0.05) is 0 Å².